The number of rotatable bonds is 4. The van der Waals surface area contributed by atoms with Crippen molar-refractivity contribution < 1.29 is 9.53 Å². The molecule has 116 valence electrons. The molecule has 1 amide bonds. The summed E-state index contributed by atoms with van der Waals surface area (Å²) in [5, 5.41) is 7.70. The maximum atomic E-state index is 11.9. The van der Waals surface area contributed by atoms with E-state index in [0.29, 0.717) is 6.54 Å². The Bertz CT molecular complexity index is 489. The predicted molar refractivity (Wildman–Crippen MR) is 86.5 cm³/mol. The van der Waals surface area contributed by atoms with Gasteiger partial charge in [-0.05, 0) is 49.6 Å². The van der Waals surface area contributed by atoms with Gasteiger partial charge in [-0.2, -0.15) is 11.3 Å². The molecule has 0 unspecified atom stereocenters. The van der Waals surface area contributed by atoms with Gasteiger partial charge in [-0.1, -0.05) is 11.6 Å². The Labute approximate surface area is 130 Å². The van der Waals surface area contributed by atoms with Crippen molar-refractivity contribution >= 4 is 17.4 Å². The van der Waals surface area contributed by atoms with Crippen LogP contribution in [0, 0.1) is 0 Å². The third-order valence-electron chi connectivity index (χ3n) is 3.22. The fourth-order valence-corrected chi connectivity index (χ4v) is 2.79. The number of hydrogen-bond acceptors (Lipinski definition) is 4. The summed E-state index contributed by atoms with van der Waals surface area (Å²) in [6, 6.07) is 2.14. The van der Waals surface area contributed by atoms with E-state index < -0.39 is 5.60 Å². The molecule has 2 rings (SSSR count). The molecule has 0 saturated carbocycles. The lowest BCUT2D eigenvalue weighted by atomic mass is 10.1. The average Bonchev–Trinajstić information content (AvgIpc) is 2.91. The van der Waals surface area contributed by atoms with E-state index in [1.807, 2.05) is 20.8 Å². The molecule has 5 heteroatoms. The summed E-state index contributed by atoms with van der Waals surface area (Å²) in [4.78, 5) is 13.7. The quantitative estimate of drug-likeness (QED) is 0.867. The van der Waals surface area contributed by atoms with Crippen molar-refractivity contribution in [2.75, 3.05) is 19.6 Å². The first-order valence-corrected chi connectivity index (χ1v) is 8.26. The summed E-state index contributed by atoms with van der Waals surface area (Å²) >= 11 is 1.72. The van der Waals surface area contributed by atoms with E-state index in [0.717, 1.165) is 26.1 Å². The van der Waals surface area contributed by atoms with Crippen molar-refractivity contribution in [1.29, 1.82) is 0 Å². The van der Waals surface area contributed by atoms with Crippen LogP contribution in [-0.2, 0) is 11.3 Å². The third-order valence-corrected chi connectivity index (χ3v) is 3.95. The van der Waals surface area contributed by atoms with Gasteiger partial charge in [0.05, 0.1) is 0 Å². The number of nitrogens with one attached hydrogen (secondary N) is 1. The van der Waals surface area contributed by atoms with E-state index in [9.17, 15) is 4.79 Å². The Morgan fingerprint density at radius 1 is 1.43 bits per heavy atom. The second-order valence-corrected chi connectivity index (χ2v) is 7.05. The highest BCUT2D eigenvalue weighted by atomic mass is 32.1. The van der Waals surface area contributed by atoms with Crippen LogP contribution in [0.15, 0.2) is 28.5 Å². The molecular formula is C16H24N2O2S. The zero-order valence-electron chi connectivity index (χ0n) is 13.0. The van der Waals surface area contributed by atoms with E-state index in [1.54, 1.807) is 16.2 Å². The van der Waals surface area contributed by atoms with Gasteiger partial charge in [-0.25, -0.2) is 4.79 Å². The first-order valence-electron chi connectivity index (χ1n) is 7.32. The Morgan fingerprint density at radius 3 is 2.81 bits per heavy atom. The lowest BCUT2D eigenvalue weighted by Gasteiger charge is -2.29. The number of thiophene rings is 1. The predicted octanol–water partition coefficient (Wildman–Crippen LogP) is 3.40. The van der Waals surface area contributed by atoms with Crippen LogP contribution in [0.5, 0.6) is 0 Å². The molecule has 1 N–H and O–H groups in total. The number of amides is 1. The van der Waals surface area contributed by atoms with Crippen LogP contribution in [0.2, 0.25) is 0 Å². The monoisotopic (exact) mass is 308 g/mol. The van der Waals surface area contributed by atoms with Gasteiger partial charge in [-0.3, -0.25) is 0 Å². The minimum atomic E-state index is -0.427. The van der Waals surface area contributed by atoms with Crippen LogP contribution < -0.4 is 5.32 Å². The molecule has 0 fully saturated rings. The highest BCUT2D eigenvalue weighted by Crippen LogP contribution is 2.15. The second-order valence-electron chi connectivity index (χ2n) is 6.27. The fraction of sp³-hybridized carbons (Fsp3) is 0.562. The lowest BCUT2D eigenvalue weighted by molar-refractivity contribution is 0.0265. The van der Waals surface area contributed by atoms with Crippen LogP contribution in [0.4, 0.5) is 4.79 Å². The van der Waals surface area contributed by atoms with Crippen molar-refractivity contribution in [2.45, 2.75) is 39.3 Å². The Hall–Kier alpha value is -1.33. The summed E-state index contributed by atoms with van der Waals surface area (Å²) in [5.74, 6) is 0. The highest BCUT2D eigenvalue weighted by molar-refractivity contribution is 7.07. The van der Waals surface area contributed by atoms with E-state index in [2.05, 4.69) is 28.2 Å². The SMILES string of the molecule is CC(C)(C)OC(=O)N1CC=C(CNCc2ccsc2)CC1. The van der Waals surface area contributed by atoms with Gasteiger partial charge >= 0.3 is 6.09 Å². The van der Waals surface area contributed by atoms with Crippen LogP contribution >= 0.6 is 11.3 Å². The maximum absolute atomic E-state index is 11.9. The van der Waals surface area contributed by atoms with Crippen molar-refractivity contribution in [3.8, 4) is 0 Å². The van der Waals surface area contributed by atoms with E-state index in [4.69, 9.17) is 4.74 Å². The maximum Gasteiger partial charge on any atom is 0.410 e. The van der Waals surface area contributed by atoms with E-state index in [1.165, 1.54) is 11.1 Å². The first-order chi connectivity index (χ1) is 9.94. The number of nitrogens with zero attached hydrogens (tertiary/aromatic N) is 1. The Kier molecular flexibility index (Phi) is 5.42. The molecule has 0 bridgehead atoms. The first kappa shape index (κ1) is 16.0. The van der Waals surface area contributed by atoms with Gasteiger partial charge in [0.1, 0.15) is 5.60 Å². The van der Waals surface area contributed by atoms with Crippen molar-refractivity contribution in [3.05, 3.63) is 34.0 Å². The minimum Gasteiger partial charge on any atom is -0.444 e. The zero-order chi connectivity index (χ0) is 15.3. The van der Waals surface area contributed by atoms with Crippen molar-refractivity contribution in [3.63, 3.8) is 0 Å². The van der Waals surface area contributed by atoms with Gasteiger partial charge < -0.3 is 15.0 Å². The van der Waals surface area contributed by atoms with Gasteiger partial charge in [0, 0.05) is 26.2 Å². The molecule has 0 spiro atoms. The normalized spacial score (nSPS) is 15.8. The molecule has 1 aliphatic heterocycles. The van der Waals surface area contributed by atoms with Crippen LogP contribution in [0.3, 0.4) is 0 Å². The lowest BCUT2D eigenvalue weighted by Crippen LogP contribution is -2.39. The van der Waals surface area contributed by atoms with Gasteiger partial charge in [0.25, 0.3) is 0 Å². The van der Waals surface area contributed by atoms with Crippen LogP contribution in [0.1, 0.15) is 32.8 Å². The molecule has 0 aliphatic carbocycles. The molecule has 0 radical (unpaired) electrons. The average molecular weight is 308 g/mol. The minimum absolute atomic E-state index is 0.218. The van der Waals surface area contributed by atoms with E-state index >= 15 is 0 Å². The topological polar surface area (TPSA) is 41.6 Å². The molecule has 0 atom stereocenters. The van der Waals surface area contributed by atoms with Crippen molar-refractivity contribution in [1.82, 2.24) is 10.2 Å². The molecule has 2 heterocycles. The smallest absolute Gasteiger partial charge is 0.410 e. The van der Waals surface area contributed by atoms with Gasteiger partial charge in [0.2, 0.25) is 0 Å². The molecule has 1 aliphatic rings. The molecule has 1 aromatic heterocycles. The second kappa shape index (κ2) is 7.09. The Balaban J connectivity index is 1.73. The summed E-state index contributed by atoms with van der Waals surface area (Å²) in [5.41, 5.74) is 2.26. The Morgan fingerprint density at radius 2 is 2.24 bits per heavy atom. The summed E-state index contributed by atoms with van der Waals surface area (Å²) < 4.78 is 5.39. The van der Waals surface area contributed by atoms with E-state index in [-0.39, 0.29) is 6.09 Å². The summed E-state index contributed by atoms with van der Waals surface area (Å²) in [6.45, 7) is 8.85. The van der Waals surface area contributed by atoms with Gasteiger partial charge in [-0.15, -0.1) is 0 Å². The summed E-state index contributed by atoms with van der Waals surface area (Å²) in [7, 11) is 0. The van der Waals surface area contributed by atoms with Gasteiger partial charge in [0.15, 0.2) is 0 Å². The molecule has 1 aromatic rings. The molecule has 0 aromatic carbocycles. The summed E-state index contributed by atoms with van der Waals surface area (Å²) in [6.07, 6.45) is 2.83. The zero-order valence-corrected chi connectivity index (χ0v) is 13.8. The molecule has 4 nitrogen and oxygen atoms in total. The highest BCUT2D eigenvalue weighted by Gasteiger charge is 2.23. The third kappa shape index (κ3) is 5.52. The largest absolute Gasteiger partial charge is 0.444 e. The fourth-order valence-electron chi connectivity index (χ4n) is 2.12. The van der Waals surface area contributed by atoms with Crippen LogP contribution in [-0.4, -0.2) is 36.2 Å². The molecule has 21 heavy (non-hydrogen) atoms. The molecule has 0 saturated heterocycles. The number of carbonyl (C=O) groups is 1. The molecular weight excluding hydrogens is 284 g/mol. The van der Waals surface area contributed by atoms with Crippen LogP contribution in [0.25, 0.3) is 0 Å². The number of hydrogen-bond donors (Lipinski definition) is 1. The number of carbonyl (C=O) groups excluding carboxylic acids is 1. The number of ether oxygens (including phenoxy) is 1. The van der Waals surface area contributed by atoms with Crippen molar-refractivity contribution in [2.24, 2.45) is 0 Å². The standard InChI is InChI=1S/C16H24N2O2S/c1-16(2,3)20-15(19)18-7-4-13(5-8-18)10-17-11-14-6-9-21-12-14/h4,6,9,12,17H,5,7-8,10-11H2,1-3H3.